The zero-order chi connectivity index (χ0) is 28.2. The van der Waals surface area contributed by atoms with Crippen molar-refractivity contribution in [3.8, 4) is 11.5 Å². The van der Waals surface area contributed by atoms with Gasteiger partial charge < -0.3 is 20.1 Å². The van der Waals surface area contributed by atoms with Gasteiger partial charge in [0, 0.05) is 12.2 Å². The summed E-state index contributed by atoms with van der Waals surface area (Å²) in [5.74, 6) is -0.755. The maximum Gasteiger partial charge on any atom is 0.329 e. The van der Waals surface area contributed by atoms with Crippen molar-refractivity contribution < 1.29 is 23.9 Å². The molecule has 0 aliphatic carbocycles. The molecule has 0 radical (unpaired) electrons. The predicted octanol–water partition coefficient (Wildman–Crippen LogP) is 4.30. The fourth-order valence-corrected chi connectivity index (χ4v) is 3.47. The van der Waals surface area contributed by atoms with Gasteiger partial charge in [-0.2, -0.15) is 5.10 Å². The molecule has 3 aromatic carbocycles. The maximum absolute atomic E-state index is 12.3. The van der Waals surface area contributed by atoms with Crippen LogP contribution in [0.5, 0.6) is 11.5 Å². The molecule has 0 saturated carbocycles. The van der Waals surface area contributed by atoms with E-state index < -0.39 is 11.8 Å². The topological polar surface area (TPSA) is 118 Å². The lowest BCUT2D eigenvalue weighted by atomic mass is 10.0. The van der Waals surface area contributed by atoms with E-state index >= 15 is 0 Å². The summed E-state index contributed by atoms with van der Waals surface area (Å²) >= 11 is 0. The maximum atomic E-state index is 12.3. The summed E-state index contributed by atoms with van der Waals surface area (Å²) in [4.78, 5) is 36.5. The highest BCUT2D eigenvalue weighted by molar-refractivity contribution is 6.35. The van der Waals surface area contributed by atoms with Crippen molar-refractivity contribution >= 4 is 29.6 Å². The molecule has 0 aliphatic heterocycles. The van der Waals surface area contributed by atoms with Gasteiger partial charge in [-0.3, -0.25) is 14.4 Å². The molecular weight excluding hydrogens is 496 g/mol. The van der Waals surface area contributed by atoms with E-state index in [2.05, 4.69) is 35.0 Å². The first-order chi connectivity index (χ1) is 18.7. The third-order valence-electron chi connectivity index (χ3n) is 5.65. The van der Waals surface area contributed by atoms with E-state index in [9.17, 15) is 14.4 Å². The monoisotopic (exact) mass is 530 g/mol. The second kappa shape index (κ2) is 14.3. The van der Waals surface area contributed by atoms with Gasteiger partial charge in [-0.15, -0.1) is 0 Å². The smallest absolute Gasteiger partial charge is 0.329 e. The van der Waals surface area contributed by atoms with Crippen LogP contribution in [-0.2, 0) is 20.9 Å². The van der Waals surface area contributed by atoms with Crippen LogP contribution in [0.4, 0.5) is 5.69 Å². The lowest BCUT2D eigenvalue weighted by Gasteiger charge is -2.12. The van der Waals surface area contributed by atoms with Crippen molar-refractivity contribution in [1.29, 1.82) is 0 Å². The molecule has 0 bridgehead atoms. The molecule has 0 atom stereocenters. The van der Waals surface area contributed by atoms with Crippen molar-refractivity contribution in [3.63, 3.8) is 0 Å². The first-order valence-electron chi connectivity index (χ1n) is 12.7. The number of aryl methyl sites for hydroxylation is 1. The van der Waals surface area contributed by atoms with Gasteiger partial charge in [-0.1, -0.05) is 55.8 Å². The highest BCUT2D eigenvalue weighted by atomic mass is 16.5. The average Bonchev–Trinajstić information content (AvgIpc) is 2.93. The fourth-order valence-electron chi connectivity index (χ4n) is 3.47. The number of rotatable bonds is 11. The minimum absolute atomic E-state index is 0.200. The van der Waals surface area contributed by atoms with Gasteiger partial charge >= 0.3 is 11.8 Å². The van der Waals surface area contributed by atoms with Crippen molar-refractivity contribution in [1.82, 2.24) is 10.7 Å². The zero-order valence-electron chi connectivity index (χ0n) is 22.6. The van der Waals surface area contributed by atoms with Gasteiger partial charge in [0.05, 0.1) is 12.8 Å². The Labute approximate surface area is 228 Å². The van der Waals surface area contributed by atoms with Crippen molar-refractivity contribution in [2.45, 2.75) is 40.2 Å². The van der Waals surface area contributed by atoms with Crippen LogP contribution in [0.15, 0.2) is 71.8 Å². The molecule has 9 nitrogen and oxygen atoms in total. The molecule has 0 unspecified atom stereocenters. The van der Waals surface area contributed by atoms with E-state index in [1.54, 1.807) is 18.2 Å². The molecule has 9 heteroatoms. The predicted molar refractivity (Wildman–Crippen MR) is 151 cm³/mol. The van der Waals surface area contributed by atoms with Crippen LogP contribution in [-0.4, -0.2) is 37.1 Å². The summed E-state index contributed by atoms with van der Waals surface area (Å²) in [5, 5.41) is 9.21. The van der Waals surface area contributed by atoms with E-state index in [-0.39, 0.29) is 19.1 Å². The molecule has 3 N–H and O–H groups in total. The third kappa shape index (κ3) is 9.30. The van der Waals surface area contributed by atoms with Crippen LogP contribution in [0.25, 0.3) is 0 Å². The number of amides is 3. The molecule has 3 amide bonds. The van der Waals surface area contributed by atoms with Crippen LogP contribution in [0.3, 0.4) is 0 Å². The summed E-state index contributed by atoms with van der Waals surface area (Å²) < 4.78 is 11.3. The van der Waals surface area contributed by atoms with Crippen molar-refractivity contribution in [2.75, 3.05) is 18.5 Å². The number of hydrazone groups is 1. The minimum Gasteiger partial charge on any atom is -0.490 e. The van der Waals surface area contributed by atoms with Gasteiger partial charge in [0.25, 0.3) is 5.91 Å². The SMILES string of the molecule is CCOc1cc(/C=N\NC(=O)C(=O)NCc2ccc(C(C)C)cc2)ccc1OCC(=O)Nc1ccc(C)cc1. The van der Waals surface area contributed by atoms with E-state index in [4.69, 9.17) is 9.47 Å². The Morgan fingerprint density at radius 2 is 1.62 bits per heavy atom. The molecule has 0 aliphatic rings. The highest BCUT2D eigenvalue weighted by Gasteiger charge is 2.13. The third-order valence-corrected chi connectivity index (χ3v) is 5.65. The fraction of sp³-hybridized carbons (Fsp3) is 0.267. The Kier molecular flexibility index (Phi) is 10.6. The number of hydrogen-bond donors (Lipinski definition) is 3. The summed E-state index contributed by atoms with van der Waals surface area (Å²) in [6.07, 6.45) is 1.38. The number of nitrogens with zero attached hydrogens (tertiary/aromatic N) is 1. The second-order valence-electron chi connectivity index (χ2n) is 9.12. The number of nitrogens with one attached hydrogen (secondary N) is 3. The van der Waals surface area contributed by atoms with Gasteiger partial charge in [0.2, 0.25) is 0 Å². The number of hydrogen-bond acceptors (Lipinski definition) is 6. The van der Waals surface area contributed by atoms with Crippen molar-refractivity contribution in [2.24, 2.45) is 5.10 Å². The van der Waals surface area contributed by atoms with Crippen molar-refractivity contribution in [3.05, 3.63) is 89.0 Å². The Hall–Kier alpha value is -4.66. The molecule has 0 spiro atoms. The summed E-state index contributed by atoms with van der Waals surface area (Å²) in [6, 6.07) is 20.3. The Balaban J connectivity index is 1.50. The molecule has 0 aromatic heterocycles. The van der Waals surface area contributed by atoms with Gasteiger partial charge in [0.1, 0.15) is 0 Å². The van der Waals surface area contributed by atoms with E-state index in [1.807, 2.05) is 62.4 Å². The average molecular weight is 531 g/mol. The first kappa shape index (κ1) is 28.9. The summed E-state index contributed by atoms with van der Waals surface area (Å²) in [6.45, 7) is 8.42. The Bertz CT molecular complexity index is 1300. The largest absolute Gasteiger partial charge is 0.490 e. The molecular formula is C30H34N4O5. The molecule has 3 aromatic rings. The van der Waals surface area contributed by atoms with Crippen LogP contribution in [0, 0.1) is 6.92 Å². The van der Waals surface area contributed by atoms with Crippen LogP contribution in [0.1, 0.15) is 48.9 Å². The van der Waals surface area contributed by atoms with E-state index in [1.165, 1.54) is 11.8 Å². The number of benzene rings is 3. The standard InChI is InChI=1S/C30H34N4O5/c1-5-38-27-16-23(10-15-26(27)39-19-28(35)33-25-13-6-21(4)7-14-25)18-32-34-30(37)29(36)31-17-22-8-11-24(12-9-22)20(2)3/h6-16,18,20H,5,17,19H2,1-4H3,(H,31,36)(H,33,35)(H,34,37)/b32-18-. The molecule has 3 rings (SSSR count). The lowest BCUT2D eigenvalue weighted by molar-refractivity contribution is -0.139. The number of carbonyl (C=O) groups is 3. The summed E-state index contributed by atoms with van der Waals surface area (Å²) in [5.41, 5.74) is 6.69. The normalized spacial score (nSPS) is 10.8. The minimum atomic E-state index is -0.880. The van der Waals surface area contributed by atoms with E-state index in [0.717, 1.165) is 11.1 Å². The molecule has 39 heavy (non-hydrogen) atoms. The Morgan fingerprint density at radius 3 is 2.28 bits per heavy atom. The number of carbonyl (C=O) groups excluding carboxylic acids is 3. The first-order valence-corrected chi connectivity index (χ1v) is 12.7. The van der Waals surface area contributed by atoms with Gasteiger partial charge in [0.15, 0.2) is 18.1 Å². The molecule has 0 fully saturated rings. The lowest BCUT2D eigenvalue weighted by Crippen LogP contribution is -2.37. The van der Waals surface area contributed by atoms with Gasteiger partial charge in [-0.05, 0) is 66.8 Å². The Morgan fingerprint density at radius 1 is 0.897 bits per heavy atom. The number of anilines is 1. The van der Waals surface area contributed by atoms with Gasteiger partial charge in [-0.25, -0.2) is 5.43 Å². The molecule has 0 heterocycles. The highest BCUT2D eigenvalue weighted by Crippen LogP contribution is 2.28. The quantitative estimate of drug-likeness (QED) is 0.194. The molecule has 204 valence electrons. The van der Waals surface area contributed by atoms with Crippen LogP contribution < -0.4 is 25.5 Å². The molecule has 0 saturated heterocycles. The van der Waals surface area contributed by atoms with Crippen LogP contribution in [0.2, 0.25) is 0 Å². The van der Waals surface area contributed by atoms with Crippen LogP contribution >= 0.6 is 0 Å². The second-order valence-corrected chi connectivity index (χ2v) is 9.12. The summed E-state index contributed by atoms with van der Waals surface area (Å²) in [7, 11) is 0. The zero-order valence-corrected chi connectivity index (χ0v) is 22.6. The number of ether oxygens (including phenoxy) is 2. The van der Waals surface area contributed by atoms with E-state index in [0.29, 0.717) is 35.3 Å².